The highest BCUT2D eigenvalue weighted by atomic mass is 16.5. The number of nitrogens with one attached hydrogen (secondary N) is 1. The number of benzene rings is 1. The van der Waals surface area contributed by atoms with Crippen LogP contribution in [-0.2, 0) is 6.54 Å². The zero-order valence-corrected chi connectivity index (χ0v) is 12.4. The standard InChI is InChI=1S/C16H27NO/c1-12(2)10-14(5)18-16-9-7-6-8-15(16)11-17-13(3)4/h6-9,12-14,17H,10-11H2,1-5H3. The average molecular weight is 249 g/mol. The van der Waals surface area contributed by atoms with Gasteiger partial charge in [0.1, 0.15) is 5.75 Å². The molecule has 2 heteroatoms. The highest BCUT2D eigenvalue weighted by molar-refractivity contribution is 5.33. The van der Waals surface area contributed by atoms with Gasteiger partial charge < -0.3 is 10.1 Å². The third-order valence-corrected chi connectivity index (χ3v) is 2.80. The normalized spacial score (nSPS) is 13.1. The van der Waals surface area contributed by atoms with E-state index in [1.54, 1.807) is 0 Å². The van der Waals surface area contributed by atoms with Crippen LogP contribution >= 0.6 is 0 Å². The molecule has 2 nitrogen and oxygen atoms in total. The monoisotopic (exact) mass is 249 g/mol. The summed E-state index contributed by atoms with van der Waals surface area (Å²) in [6, 6.07) is 8.79. The van der Waals surface area contributed by atoms with E-state index in [1.165, 1.54) is 5.56 Å². The van der Waals surface area contributed by atoms with Gasteiger partial charge in [0.25, 0.3) is 0 Å². The van der Waals surface area contributed by atoms with E-state index in [9.17, 15) is 0 Å². The Hall–Kier alpha value is -1.02. The largest absolute Gasteiger partial charge is 0.490 e. The summed E-state index contributed by atoms with van der Waals surface area (Å²) in [4.78, 5) is 0. The first-order valence-corrected chi connectivity index (χ1v) is 6.97. The number of hydrogen-bond donors (Lipinski definition) is 1. The molecule has 0 heterocycles. The van der Waals surface area contributed by atoms with Crippen LogP contribution in [0.2, 0.25) is 0 Å². The topological polar surface area (TPSA) is 21.3 Å². The van der Waals surface area contributed by atoms with Crippen molar-refractivity contribution in [3.8, 4) is 5.75 Å². The van der Waals surface area contributed by atoms with E-state index in [4.69, 9.17) is 4.74 Å². The van der Waals surface area contributed by atoms with Gasteiger partial charge in [-0.05, 0) is 25.3 Å². The molecule has 1 N–H and O–H groups in total. The summed E-state index contributed by atoms with van der Waals surface area (Å²) in [6.45, 7) is 11.8. The lowest BCUT2D eigenvalue weighted by molar-refractivity contribution is 0.191. The van der Waals surface area contributed by atoms with Gasteiger partial charge in [-0.15, -0.1) is 0 Å². The number of rotatable bonds is 7. The molecule has 0 spiro atoms. The second-order valence-electron chi connectivity index (χ2n) is 5.70. The Morgan fingerprint density at radius 2 is 1.72 bits per heavy atom. The fourth-order valence-electron chi connectivity index (χ4n) is 2.01. The van der Waals surface area contributed by atoms with Crippen molar-refractivity contribution in [2.45, 2.75) is 59.7 Å². The quantitative estimate of drug-likeness (QED) is 0.788. The third kappa shape index (κ3) is 5.54. The summed E-state index contributed by atoms with van der Waals surface area (Å²) < 4.78 is 6.05. The first kappa shape index (κ1) is 15.0. The second-order valence-corrected chi connectivity index (χ2v) is 5.70. The van der Waals surface area contributed by atoms with Gasteiger partial charge in [0.05, 0.1) is 6.10 Å². The number of para-hydroxylation sites is 1. The zero-order chi connectivity index (χ0) is 13.5. The molecule has 1 aromatic carbocycles. The minimum Gasteiger partial charge on any atom is -0.490 e. The molecule has 0 aromatic heterocycles. The predicted molar refractivity (Wildman–Crippen MR) is 78.0 cm³/mol. The minimum absolute atomic E-state index is 0.269. The Morgan fingerprint density at radius 3 is 2.33 bits per heavy atom. The van der Waals surface area contributed by atoms with Gasteiger partial charge in [-0.1, -0.05) is 45.9 Å². The predicted octanol–water partition coefficient (Wildman–Crippen LogP) is 4.00. The van der Waals surface area contributed by atoms with Crippen LogP contribution < -0.4 is 10.1 Å². The first-order chi connectivity index (χ1) is 8.49. The Kier molecular flexibility index (Phi) is 6.20. The molecule has 0 aliphatic heterocycles. The Morgan fingerprint density at radius 1 is 1.06 bits per heavy atom. The maximum atomic E-state index is 6.05. The van der Waals surface area contributed by atoms with Crippen molar-refractivity contribution in [2.75, 3.05) is 0 Å². The molecule has 0 saturated heterocycles. The van der Waals surface area contributed by atoms with Crippen molar-refractivity contribution in [1.82, 2.24) is 5.32 Å². The van der Waals surface area contributed by atoms with Crippen molar-refractivity contribution in [1.29, 1.82) is 0 Å². The molecule has 1 rings (SSSR count). The maximum absolute atomic E-state index is 6.05. The van der Waals surface area contributed by atoms with Gasteiger partial charge in [0.2, 0.25) is 0 Å². The van der Waals surface area contributed by atoms with Gasteiger partial charge in [-0.25, -0.2) is 0 Å². The van der Waals surface area contributed by atoms with Gasteiger partial charge >= 0.3 is 0 Å². The van der Waals surface area contributed by atoms with Crippen LogP contribution in [0, 0.1) is 5.92 Å². The van der Waals surface area contributed by atoms with E-state index in [0.29, 0.717) is 12.0 Å². The van der Waals surface area contributed by atoms with E-state index < -0.39 is 0 Å². The maximum Gasteiger partial charge on any atom is 0.124 e. The molecule has 102 valence electrons. The first-order valence-electron chi connectivity index (χ1n) is 6.97. The van der Waals surface area contributed by atoms with Gasteiger partial charge in [0.15, 0.2) is 0 Å². The summed E-state index contributed by atoms with van der Waals surface area (Å²) in [5.41, 5.74) is 1.24. The van der Waals surface area contributed by atoms with Gasteiger partial charge in [0, 0.05) is 18.2 Å². The smallest absolute Gasteiger partial charge is 0.124 e. The molecule has 0 bridgehead atoms. The zero-order valence-electron chi connectivity index (χ0n) is 12.4. The molecule has 0 aliphatic rings. The lowest BCUT2D eigenvalue weighted by Crippen LogP contribution is -2.23. The van der Waals surface area contributed by atoms with E-state index in [0.717, 1.165) is 18.7 Å². The molecule has 0 amide bonds. The summed E-state index contributed by atoms with van der Waals surface area (Å²) >= 11 is 0. The van der Waals surface area contributed by atoms with E-state index in [-0.39, 0.29) is 6.10 Å². The van der Waals surface area contributed by atoms with Gasteiger partial charge in [-0.3, -0.25) is 0 Å². The van der Waals surface area contributed by atoms with E-state index in [1.807, 2.05) is 6.07 Å². The molecule has 0 fully saturated rings. The van der Waals surface area contributed by atoms with Crippen molar-refractivity contribution in [3.63, 3.8) is 0 Å². The second kappa shape index (κ2) is 7.42. The molecule has 1 atom stereocenters. The SMILES string of the molecule is CC(C)CC(C)Oc1ccccc1CNC(C)C. The number of ether oxygens (including phenoxy) is 1. The summed E-state index contributed by atoms with van der Waals surface area (Å²) in [5, 5.41) is 3.44. The van der Waals surface area contributed by atoms with Crippen molar-refractivity contribution >= 4 is 0 Å². The summed E-state index contributed by atoms with van der Waals surface area (Å²) in [6.07, 6.45) is 1.36. The van der Waals surface area contributed by atoms with Gasteiger partial charge in [-0.2, -0.15) is 0 Å². The van der Waals surface area contributed by atoms with Crippen molar-refractivity contribution in [2.24, 2.45) is 5.92 Å². The van der Waals surface area contributed by atoms with E-state index in [2.05, 4.69) is 58.1 Å². The Labute approximate surface area is 112 Å². The molecule has 0 aliphatic carbocycles. The third-order valence-electron chi connectivity index (χ3n) is 2.80. The Bertz CT molecular complexity index is 347. The lowest BCUT2D eigenvalue weighted by Gasteiger charge is -2.19. The summed E-state index contributed by atoms with van der Waals surface area (Å²) in [7, 11) is 0. The highest BCUT2D eigenvalue weighted by Crippen LogP contribution is 2.21. The molecule has 0 radical (unpaired) electrons. The average Bonchev–Trinajstić information content (AvgIpc) is 2.26. The fourth-order valence-corrected chi connectivity index (χ4v) is 2.01. The van der Waals surface area contributed by atoms with E-state index >= 15 is 0 Å². The fraction of sp³-hybridized carbons (Fsp3) is 0.625. The van der Waals surface area contributed by atoms with Crippen LogP contribution in [0.25, 0.3) is 0 Å². The molecule has 0 saturated carbocycles. The Balaban J connectivity index is 2.63. The summed E-state index contributed by atoms with van der Waals surface area (Å²) in [5.74, 6) is 1.68. The minimum atomic E-state index is 0.269. The lowest BCUT2D eigenvalue weighted by atomic mass is 10.1. The number of hydrogen-bond acceptors (Lipinski definition) is 2. The van der Waals surface area contributed by atoms with Crippen LogP contribution in [0.5, 0.6) is 5.75 Å². The van der Waals surface area contributed by atoms with Crippen LogP contribution in [0.3, 0.4) is 0 Å². The van der Waals surface area contributed by atoms with Crippen LogP contribution in [0.15, 0.2) is 24.3 Å². The van der Waals surface area contributed by atoms with Crippen molar-refractivity contribution in [3.05, 3.63) is 29.8 Å². The van der Waals surface area contributed by atoms with Crippen molar-refractivity contribution < 1.29 is 4.74 Å². The van der Waals surface area contributed by atoms with Crippen LogP contribution in [-0.4, -0.2) is 12.1 Å². The molecular weight excluding hydrogens is 222 g/mol. The van der Waals surface area contributed by atoms with Crippen LogP contribution in [0.1, 0.15) is 46.6 Å². The van der Waals surface area contributed by atoms with Crippen LogP contribution in [0.4, 0.5) is 0 Å². The molecular formula is C16H27NO. The highest BCUT2D eigenvalue weighted by Gasteiger charge is 2.09. The molecule has 18 heavy (non-hydrogen) atoms. The molecule has 1 unspecified atom stereocenters. The molecule has 1 aromatic rings.